The predicted octanol–water partition coefficient (Wildman–Crippen LogP) is 8.20. The molecular formula is C23H41O+. The molecule has 1 aromatic heterocycles. The molecular weight excluding hydrogens is 292 g/mol. The van der Waals surface area contributed by atoms with Gasteiger partial charge in [0.2, 0.25) is 0 Å². The van der Waals surface area contributed by atoms with Gasteiger partial charge in [0.15, 0.2) is 0 Å². The van der Waals surface area contributed by atoms with Crippen LogP contribution in [0.2, 0.25) is 0 Å². The molecule has 138 valence electrons. The van der Waals surface area contributed by atoms with Crippen molar-refractivity contribution >= 4 is 0 Å². The van der Waals surface area contributed by atoms with Gasteiger partial charge in [0.25, 0.3) is 0 Å². The fraction of sp³-hybridized carbons (Fsp3) is 0.783. The third-order valence-corrected chi connectivity index (χ3v) is 4.89. The minimum Gasteiger partial charge on any atom is -0.218 e. The Labute approximate surface area is 151 Å². The maximum Gasteiger partial charge on any atom is 0.329 e. The number of rotatable bonds is 15. The molecule has 0 N–H and O–H groups in total. The molecule has 1 aromatic rings. The number of hydrogen-bond donors (Lipinski definition) is 0. The first-order chi connectivity index (χ1) is 11.7. The zero-order chi connectivity index (χ0) is 17.5. The van der Waals surface area contributed by atoms with Crippen molar-refractivity contribution in [1.82, 2.24) is 0 Å². The minimum atomic E-state index is 1.04. The van der Waals surface area contributed by atoms with Crippen LogP contribution in [0.1, 0.15) is 114 Å². The molecule has 0 aliphatic rings. The second-order valence-electron chi connectivity index (χ2n) is 7.56. The van der Waals surface area contributed by atoms with E-state index in [9.17, 15) is 0 Å². The standard InChI is InChI=1S/C23H41O/c1-4-5-6-7-8-9-10-11-12-13-14-15-16-17-18-23-20-21(2)19-22(3)24-23/h19-20H,4-18H2,1-3H3/q+1. The van der Waals surface area contributed by atoms with E-state index in [-0.39, 0.29) is 0 Å². The van der Waals surface area contributed by atoms with Crippen molar-refractivity contribution in [2.24, 2.45) is 0 Å². The summed E-state index contributed by atoms with van der Waals surface area (Å²) >= 11 is 0. The van der Waals surface area contributed by atoms with Crippen LogP contribution in [0, 0.1) is 13.8 Å². The van der Waals surface area contributed by atoms with Crippen molar-refractivity contribution in [2.45, 2.75) is 117 Å². The summed E-state index contributed by atoms with van der Waals surface area (Å²) in [6, 6.07) is 4.30. The highest BCUT2D eigenvalue weighted by Gasteiger charge is 2.10. The fourth-order valence-corrected chi connectivity index (χ4v) is 3.50. The Morgan fingerprint density at radius 2 is 1.08 bits per heavy atom. The van der Waals surface area contributed by atoms with Crippen molar-refractivity contribution in [3.8, 4) is 0 Å². The zero-order valence-electron chi connectivity index (χ0n) is 16.7. The normalized spacial score (nSPS) is 11.1. The largest absolute Gasteiger partial charge is 0.329 e. The molecule has 0 radical (unpaired) electrons. The molecule has 0 unspecified atom stereocenters. The van der Waals surface area contributed by atoms with E-state index in [0.717, 1.165) is 17.9 Å². The van der Waals surface area contributed by atoms with E-state index in [2.05, 4.69) is 26.0 Å². The lowest BCUT2D eigenvalue weighted by Gasteiger charge is -2.02. The van der Waals surface area contributed by atoms with E-state index in [1.807, 2.05) is 6.92 Å². The van der Waals surface area contributed by atoms with Crippen molar-refractivity contribution in [3.05, 3.63) is 29.2 Å². The second-order valence-corrected chi connectivity index (χ2v) is 7.56. The summed E-state index contributed by atoms with van der Waals surface area (Å²) < 4.78 is 5.77. The van der Waals surface area contributed by atoms with Gasteiger partial charge in [0.1, 0.15) is 0 Å². The van der Waals surface area contributed by atoms with E-state index in [0.29, 0.717) is 0 Å². The van der Waals surface area contributed by atoms with Gasteiger partial charge in [-0.1, -0.05) is 90.4 Å². The van der Waals surface area contributed by atoms with Gasteiger partial charge in [-0.05, 0) is 18.9 Å². The van der Waals surface area contributed by atoms with Crippen molar-refractivity contribution in [2.75, 3.05) is 0 Å². The average Bonchev–Trinajstić information content (AvgIpc) is 2.54. The maximum atomic E-state index is 5.77. The predicted molar refractivity (Wildman–Crippen MR) is 107 cm³/mol. The first-order valence-corrected chi connectivity index (χ1v) is 10.6. The van der Waals surface area contributed by atoms with Crippen LogP contribution in [0.15, 0.2) is 16.5 Å². The van der Waals surface area contributed by atoms with Crippen molar-refractivity contribution in [1.29, 1.82) is 0 Å². The van der Waals surface area contributed by atoms with Gasteiger partial charge in [-0.3, -0.25) is 0 Å². The van der Waals surface area contributed by atoms with E-state index in [1.165, 1.54) is 95.5 Å². The third-order valence-electron chi connectivity index (χ3n) is 4.89. The monoisotopic (exact) mass is 333 g/mol. The van der Waals surface area contributed by atoms with Crippen LogP contribution in [-0.4, -0.2) is 0 Å². The summed E-state index contributed by atoms with van der Waals surface area (Å²) in [6.45, 7) is 6.48. The van der Waals surface area contributed by atoms with Gasteiger partial charge in [-0.25, -0.2) is 4.42 Å². The number of hydrogen-bond acceptors (Lipinski definition) is 0. The molecule has 0 bridgehead atoms. The van der Waals surface area contributed by atoms with Gasteiger partial charge in [-0.2, -0.15) is 0 Å². The first-order valence-electron chi connectivity index (χ1n) is 10.6. The molecule has 24 heavy (non-hydrogen) atoms. The molecule has 0 aliphatic carbocycles. The quantitative estimate of drug-likeness (QED) is 0.232. The molecule has 1 nitrogen and oxygen atoms in total. The second kappa shape index (κ2) is 14.5. The maximum absolute atomic E-state index is 5.77. The summed E-state index contributed by atoms with van der Waals surface area (Å²) in [5.41, 5.74) is 1.32. The van der Waals surface area contributed by atoms with Crippen LogP contribution in [0.25, 0.3) is 0 Å². The van der Waals surface area contributed by atoms with Crippen LogP contribution < -0.4 is 0 Å². The highest BCUT2D eigenvalue weighted by atomic mass is 16.3. The van der Waals surface area contributed by atoms with Gasteiger partial charge in [0, 0.05) is 12.1 Å². The Morgan fingerprint density at radius 1 is 0.625 bits per heavy atom. The molecule has 0 amide bonds. The zero-order valence-corrected chi connectivity index (χ0v) is 16.7. The lowest BCUT2D eigenvalue weighted by atomic mass is 10.0. The number of aryl methyl sites for hydroxylation is 3. The summed E-state index contributed by atoms with van der Waals surface area (Å²) in [6.07, 6.45) is 20.9. The Balaban J connectivity index is 1.84. The van der Waals surface area contributed by atoms with E-state index in [1.54, 1.807) is 0 Å². The molecule has 0 atom stereocenters. The van der Waals surface area contributed by atoms with Gasteiger partial charge >= 0.3 is 11.5 Å². The molecule has 0 fully saturated rings. The molecule has 1 heteroatoms. The van der Waals surface area contributed by atoms with Crippen LogP contribution >= 0.6 is 0 Å². The van der Waals surface area contributed by atoms with Crippen LogP contribution in [0.3, 0.4) is 0 Å². The molecule has 0 spiro atoms. The van der Waals surface area contributed by atoms with Crippen molar-refractivity contribution in [3.63, 3.8) is 0 Å². The Hall–Kier alpha value is -0.850. The molecule has 1 heterocycles. The summed E-state index contributed by atoms with van der Waals surface area (Å²) in [5, 5.41) is 0. The molecule has 0 aromatic carbocycles. The van der Waals surface area contributed by atoms with E-state index >= 15 is 0 Å². The van der Waals surface area contributed by atoms with Crippen LogP contribution in [0.4, 0.5) is 0 Å². The SMILES string of the molecule is CCCCCCCCCCCCCCCCc1cc(C)cc(C)[o+]1. The summed E-state index contributed by atoms with van der Waals surface area (Å²) in [7, 11) is 0. The molecule has 1 rings (SSSR count). The van der Waals surface area contributed by atoms with Gasteiger partial charge in [-0.15, -0.1) is 0 Å². The smallest absolute Gasteiger partial charge is 0.218 e. The fourth-order valence-electron chi connectivity index (χ4n) is 3.50. The van der Waals surface area contributed by atoms with E-state index in [4.69, 9.17) is 4.42 Å². The first kappa shape index (κ1) is 21.2. The Kier molecular flexibility index (Phi) is 12.8. The van der Waals surface area contributed by atoms with Crippen LogP contribution in [-0.2, 0) is 6.42 Å². The van der Waals surface area contributed by atoms with Crippen LogP contribution in [0.5, 0.6) is 0 Å². The lowest BCUT2D eigenvalue weighted by Crippen LogP contribution is -1.89. The highest BCUT2D eigenvalue weighted by molar-refractivity contribution is 5.15. The molecule has 0 aliphatic heterocycles. The average molecular weight is 334 g/mol. The van der Waals surface area contributed by atoms with Gasteiger partial charge < -0.3 is 0 Å². The third kappa shape index (κ3) is 11.6. The summed E-state index contributed by atoms with van der Waals surface area (Å²) in [4.78, 5) is 0. The molecule has 0 saturated heterocycles. The lowest BCUT2D eigenvalue weighted by molar-refractivity contribution is 0.451. The number of unbranched alkanes of at least 4 members (excludes halogenated alkanes) is 13. The minimum absolute atomic E-state index is 1.04. The van der Waals surface area contributed by atoms with E-state index < -0.39 is 0 Å². The Morgan fingerprint density at radius 3 is 1.54 bits per heavy atom. The van der Waals surface area contributed by atoms with Crippen molar-refractivity contribution < 1.29 is 4.42 Å². The molecule has 0 saturated carbocycles. The highest BCUT2D eigenvalue weighted by Crippen LogP contribution is 2.15. The topological polar surface area (TPSA) is 11.3 Å². The van der Waals surface area contributed by atoms with Gasteiger partial charge in [0.05, 0.1) is 13.3 Å². The Bertz CT molecular complexity index is 390. The summed E-state index contributed by atoms with van der Waals surface area (Å²) in [5.74, 6) is 2.20.